The van der Waals surface area contributed by atoms with Gasteiger partial charge in [-0.3, -0.25) is 4.79 Å². The minimum atomic E-state index is -0.820. The Morgan fingerprint density at radius 2 is 1.65 bits per heavy atom. The molecular weight excluding hydrogens is 256 g/mol. The summed E-state index contributed by atoms with van der Waals surface area (Å²) in [6.45, 7) is 10.6. The van der Waals surface area contributed by atoms with Crippen molar-refractivity contribution in [1.29, 1.82) is 0 Å². The van der Waals surface area contributed by atoms with Crippen LogP contribution < -0.4 is 5.32 Å². The van der Waals surface area contributed by atoms with Gasteiger partial charge in [-0.2, -0.15) is 0 Å². The highest BCUT2D eigenvalue weighted by molar-refractivity contribution is 5.75. The van der Waals surface area contributed by atoms with Crippen molar-refractivity contribution < 1.29 is 14.7 Å². The van der Waals surface area contributed by atoms with Crippen LogP contribution >= 0.6 is 0 Å². The second kappa shape index (κ2) is 8.82. The number of carboxylic acid groups (broad SMARTS) is 1. The largest absolute Gasteiger partial charge is 0.481 e. The number of amides is 2. The maximum absolute atomic E-state index is 12.4. The van der Waals surface area contributed by atoms with Gasteiger partial charge < -0.3 is 15.3 Å². The zero-order valence-corrected chi connectivity index (χ0v) is 13.5. The molecule has 0 aliphatic rings. The molecule has 20 heavy (non-hydrogen) atoms. The average Bonchev–Trinajstić information content (AvgIpc) is 2.40. The van der Waals surface area contributed by atoms with Crippen molar-refractivity contribution >= 4 is 12.0 Å². The second-order valence-corrected chi connectivity index (χ2v) is 5.56. The van der Waals surface area contributed by atoms with E-state index < -0.39 is 5.97 Å². The third-order valence-electron chi connectivity index (χ3n) is 4.08. The molecule has 0 atom stereocenters. The van der Waals surface area contributed by atoms with Gasteiger partial charge in [0.05, 0.1) is 0 Å². The molecule has 0 bridgehead atoms. The zero-order chi connectivity index (χ0) is 15.8. The van der Waals surface area contributed by atoms with E-state index in [2.05, 4.69) is 26.1 Å². The van der Waals surface area contributed by atoms with E-state index in [4.69, 9.17) is 5.11 Å². The molecule has 0 radical (unpaired) electrons. The first-order chi connectivity index (χ1) is 9.31. The van der Waals surface area contributed by atoms with E-state index in [9.17, 15) is 9.59 Å². The van der Waals surface area contributed by atoms with Crippen molar-refractivity contribution in [2.45, 2.75) is 78.3 Å². The minimum Gasteiger partial charge on any atom is -0.481 e. The highest BCUT2D eigenvalue weighted by atomic mass is 16.4. The van der Waals surface area contributed by atoms with Crippen molar-refractivity contribution in [1.82, 2.24) is 10.2 Å². The zero-order valence-electron chi connectivity index (χ0n) is 13.5. The third kappa shape index (κ3) is 5.80. The van der Waals surface area contributed by atoms with Crippen LogP contribution in [0.5, 0.6) is 0 Å². The number of aliphatic carboxylic acids is 1. The van der Waals surface area contributed by atoms with Gasteiger partial charge in [0.1, 0.15) is 0 Å². The SMILES string of the molecule is CCC(CC)(CC)NC(=O)N(CCCC(=O)O)C(C)C. The smallest absolute Gasteiger partial charge is 0.318 e. The van der Waals surface area contributed by atoms with Gasteiger partial charge in [0.15, 0.2) is 0 Å². The number of hydrogen-bond donors (Lipinski definition) is 2. The van der Waals surface area contributed by atoms with Crippen LogP contribution in [0.3, 0.4) is 0 Å². The van der Waals surface area contributed by atoms with Crippen LogP contribution in [0, 0.1) is 0 Å². The predicted octanol–water partition coefficient (Wildman–Crippen LogP) is 3.24. The monoisotopic (exact) mass is 286 g/mol. The quantitative estimate of drug-likeness (QED) is 0.683. The molecule has 0 heterocycles. The first-order valence-electron chi connectivity index (χ1n) is 7.62. The number of rotatable bonds is 9. The molecule has 0 aromatic heterocycles. The number of nitrogens with zero attached hydrogens (tertiary/aromatic N) is 1. The summed E-state index contributed by atoms with van der Waals surface area (Å²) < 4.78 is 0. The fourth-order valence-electron chi connectivity index (χ4n) is 2.31. The minimum absolute atomic E-state index is 0.0621. The summed E-state index contributed by atoms with van der Waals surface area (Å²) in [6.07, 6.45) is 3.27. The summed E-state index contributed by atoms with van der Waals surface area (Å²) in [4.78, 5) is 24.7. The summed E-state index contributed by atoms with van der Waals surface area (Å²) in [6, 6.07) is -0.0250. The Morgan fingerprint density at radius 3 is 2.00 bits per heavy atom. The molecular formula is C15H30N2O3. The molecule has 0 aliphatic heterocycles. The Bertz CT molecular complexity index is 304. The fourth-order valence-corrected chi connectivity index (χ4v) is 2.31. The first-order valence-corrected chi connectivity index (χ1v) is 7.62. The second-order valence-electron chi connectivity index (χ2n) is 5.56. The molecule has 0 rings (SSSR count). The van der Waals surface area contributed by atoms with E-state index in [0.29, 0.717) is 13.0 Å². The van der Waals surface area contributed by atoms with E-state index >= 15 is 0 Å². The van der Waals surface area contributed by atoms with Crippen molar-refractivity contribution in [3.05, 3.63) is 0 Å². The van der Waals surface area contributed by atoms with Gasteiger partial charge in [0.25, 0.3) is 0 Å². The van der Waals surface area contributed by atoms with Gasteiger partial charge in [-0.05, 0) is 39.5 Å². The lowest BCUT2D eigenvalue weighted by Gasteiger charge is -2.36. The molecule has 2 amide bonds. The van der Waals surface area contributed by atoms with Gasteiger partial charge in [-0.1, -0.05) is 20.8 Å². The van der Waals surface area contributed by atoms with E-state index in [-0.39, 0.29) is 24.0 Å². The van der Waals surface area contributed by atoms with Crippen LogP contribution in [0.15, 0.2) is 0 Å². The Hall–Kier alpha value is -1.26. The third-order valence-corrected chi connectivity index (χ3v) is 4.08. The molecule has 0 aromatic rings. The van der Waals surface area contributed by atoms with Crippen molar-refractivity contribution in [3.8, 4) is 0 Å². The van der Waals surface area contributed by atoms with E-state index in [0.717, 1.165) is 19.3 Å². The number of hydrogen-bond acceptors (Lipinski definition) is 2. The molecule has 0 spiro atoms. The standard InChI is InChI=1S/C15H30N2O3/c1-6-15(7-2,8-3)16-14(20)17(12(4)5)11-9-10-13(18)19/h12H,6-11H2,1-5H3,(H,16,20)(H,18,19). The van der Waals surface area contributed by atoms with Crippen LogP contribution in [0.2, 0.25) is 0 Å². The van der Waals surface area contributed by atoms with E-state index in [1.807, 2.05) is 13.8 Å². The number of carbonyl (C=O) groups is 2. The first kappa shape index (κ1) is 18.7. The van der Waals surface area contributed by atoms with Gasteiger partial charge in [-0.25, -0.2) is 4.79 Å². The molecule has 0 aliphatic carbocycles. The molecule has 2 N–H and O–H groups in total. The Labute approximate surface area is 122 Å². The van der Waals surface area contributed by atoms with Crippen LogP contribution in [0.4, 0.5) is 4.79 Å². The predicted molar refractivity (Wildman–Crippen MR) is 80.8 cm³/mol. The molecule has 0 saturated carbocycles. The Balaban J connectivity index is 4.67. The summed E-state index contributed by atoms with van der Waals surface area (Å²) in [5, 5.41) is 11.8. The molecule has 0 aromatic carbocycles. The lowest BCUT2D eigenvalue weighted by molar-refractivity contribution is -0.137. The summed E-state index contributed by atoms with van der Waals surface area (Å²) in [7, 11) is 0. The van der Waals surface area contributed by atoms with Crippen LogP contribution in [0.1, 0.15) is 66.7 Å². The molecule has 5 nitrogen and oxygen atoms in total. The van der Waals surface area contributed by atoms with E-state index in [1.165, 1.54) is 0 Å². The normalized spacial score (nSPS) is 11.5. The average molecular weight is 286 g/mol. The Morgan fingerprint density at radius 1 is 1.15 bits per heavy atom. The number of urea groups is 1. The summed E-state index contributed by atoms with van der Waals surface area (Å²) >= 11 is 0. The van der Waals surface area contributed by atoms with Gasteiger partial charge >= 0.3 is 12.0 Å². The van der Waals surface area contributed by atoms with Gasteiger partial charge in [0.2, 0.25) is 0 Å². The summed E-state index contributed by atoms with van der Waals surface area (Å²) in [5.74, 6) is -0.820. The van der Waals surface area contributed by atoms with E-state index in [1.54, 1.807) is 4.90 Å². The molecule has 118 valence electrons. The van der Waals surface area contributed by atoms with Gasteiger partial charge in [-0.15, -0.1) is 0 Å². The van der Waals surface area contributed by atoms with Crippen LogP contribution in [-0.4, -0.2) is 40.1 Å². The lowest BCUT2D eigenvalue weighted by atomic mass is 9.90. The summed E-state index contributed by atoms with van der Waals surface area (Å²) in [5.41, 5.74) is -0.156. The Kier molecular flexibility index (Phi) is 8.26. The molecule has 0 saturated heterocycles. The van der Waals surface area contributed by atoms with Crippen molar-refractivity contribution in [2.24, 2.45) is 0 Å². The number of nitrogens with one attached hydrogen (secondary N) is 1. The molecule has 5 heteroatoms. The fraction of sp³-hybridized carbons (Fsp3) is 0.867. The topological polar surface area (TPSA) is 69.6 Å². The van der Waals surface area contributed by atoms with Crippen molar-refractivity contribution in [2.75, 3.05) is 6.54 Å². The maximum Gasteiger partial charge on any atom is 0.318 e. The highest BCUT2D eigenvalue weighted by Gasteiger charge is 2.28. The molecule has 0 unspecified atom stereocenters. The van der Waals surface area contributed by atoms with Crippen LogP contribution in [-0.2, 0) is 4.79 Å². The maximum atomic E-state index is 12.4. The van der Waals surface area contributed by atoms with Crippen molar-refractivity contribution in [3.63, 3.8) is 0 Å². The highest BCUT2D eigenvalue weighted by Crippen LogP contribution is 2.20. The lowest BCUT2D eigenvalue weighted by Crippen LogP contribution is -2.54. The number of carbonyl (C=O) groups excluding carboxylic acids is 1. The number of carboxylic acids is 1. The van der Waals surface area contributed by atoms with Gasteiger partial charge in [0, 0.05) is 24.5 Å². The molecule has 0 fully saturated rings. The van der Waals surface area contributed by atoms with Crippen LogP contribution in [0.25, 0.3) is 0 Å².